The smallest absolute Gasteiger partial charge is 0.254 e. The van der Waals surface area contributed by atoms with E-state index in [1.54, 1.807) is 23.4 Å². The highest BCUT2D eigenvalue weighted by Gasteiger charge is 2.24. The molecule has 2 aromatic heterocycles. The number of benzene rings is 1. The first-order valence-electron chi connectivity index (χ1n) is 7.49. The van der Waals surface area contributed by atoms with Crippen LogP contribution in [0.25, 0.3) is 10.9 Å². The van der Waals surface area contributed by atoms with Crippen LogP contribution in [0.1, 0.15) is 27.4 Å². The summed E-state index contributed by atoms with van der Waals surface area (Å²) in [5.74, 6) is -0.415. The fourth-order valence-corrected chi connectivity index (χ4v) is 3.07. The number of aromatic amines is 1. The minimum Gasteiger partial charge on any atom is -0.347 e. The van der Waals surface area contributed by atoms with E-state index in [-0.39, 0.29) is 11.7 Å². The highest BCUT2D eigenvalue weighted by molar-refractivity contribution is 6.06. The predicted molar refractivity (Wildman–Crippen MR) is 83.5 cm³/mol. The number of rotatable bonds is 1. The molecule has 1 amide bonds. The van der Waals surface area contributed by atoms with Crippen molar-refractivity contribution in [2.45, 2.75) is 19.9 Å². The molecule has 0 saturated carbocycles. The molecule has 1 N–H and O–H groups in total. The van der Waals surface area contributed by atoms with Gasteiger partial charge < -0.3 is 9.88 Å². The Bertz CT molecular complexity index is 913. The Kier molecular flexibility index (Phi) is 3.11. The molecule has 1 aromatic carbocycles. The average Bonchev–Trinajstić information content (AvgIpc) is 3.00. The van der Waals surface area contributed by atoms with E-state index in [1.807, 2.05) is 6.92 Å². The van der Waals surface area contributed by atoms with E-state index in [0.29, 0.717) is 35.2 Å². The molecular formula is C17H15FN4O. The number of halogens is 1. The Labute approximate surface area is 132 Å². The molecule has 0 aliphatic carbocycles. The van der Waals surface area contributed by atoms with Gasteiger partial charge in [0.25, 0.3) is 5.91 Å². The van der Waals surface area contributed by atoms with Crippen molar-refractivity contribution in [1.82, 2.24) is 19.9 Å². The molecule has 5 nitrogen and oxygen atoms in total. The number of fused-ring (bicyclic) bond motifs is 2. The zero-order valence-corrected chi connectivity index (χ0v) is 12.6. The van der Waals surface area contributed by atoms with Crippen LogP contribution in [-0.4, -0.2) is 32.3 Å². The summed E-state index contributed by atoms with van der Waals surface area (Å²) >= 11 is 0. The number of pyridine rings is 1. The largest absolute Gasteiger partial charge is 0.347 e. The van der Waals surface area contributed by atoms with Crippen LogP contribution < -0.4 is 0 Å². The Morgan fingerprint density at radius 3 is 3.09 bits per heavy atom. The second kappa shape index (κ2) is 5.15. The maximum Gasteiger partial charge on any atom is 0.254 e. The lowest BCUT2D eigenvalue weighted by atomic mass is 10.0. The van der Waals surface area contributed by atoms with Gasteiger partial charge in [-0.05, 0) is 25.1 Å². The van der Waals surface area contributed by atoms with Gasteiger partial charge in [0.2, 0.25) is 0 Å². The molecule has 23 heavy (non-hydrogen) atoms. The number of carbonyl (C=O) groups is 1. The fourth-order valence-electron chi connectivity index (χ4n) is 3.07. The summed E-state index contributed by atoms with van der Waals surface area (Å²) in [5.41, 5.74) is 3.77. The van der Waals surface area contributed by atoms with E-state index >= 15 is 0 Å². The van der Waals surface area contributed by atoms with E-state index in [2.05, 4.69) is 15.0 Å². The second-order valence-electron chi connectivity index (χ2n) is 5.78. The summed E-state index contributed by atoms with van der Waals surface area (Å²) in [4.78, 5) is 26.4. The van der Waals surface area contributed by atoms with Gasteiger partial charge >= 0.3 is 0 Å². The van der Waals surface area contributed by atoms with Crippen molar-refractivity contribution < 1.29 is 9.18 Å². The molecule has 1 aliphatic rings. The third-order valence-corrected chi connectivity index (χ3v) is 4.19. The van der Waals surface area contributed by atoms with Crippen LogP contribution in [0.2, 0.25) is 0 Å². The minimum absolute atomic E-state index is 0.0626. The molecule has 6 heteroatoms. The fraction of sp³-hybridized carbons (Fsp3) is 0.235. The molecule has 116 valence electrons. The Hall–Kier alpha value is -2.76. The highest BCUT2D eigenvalue weighted by Crippen LogP contribution is 2.23. The first-order valence-corrected chi connectivity index (χ1v) is 7.49. The van der Waals surface area contributed by atoms with Crippen LogP contribution in [0, 0.1) is 12.7 Å². The van der Waals surface area contributed by atoms with Crippen molar-refractivity contribution in [3.05, 3.63) is 59.1 Å². The normalized spacial score (nSPS) is 14.1. The summed E-state index contributed by atoms with van der Waals surface area (Å²) < 4.78 is 13.4. The summed E-state index contributed by atoms with van der Waals surface area (Å²) in [6.07, 6.45) is 2.40. The molecule has 0 radical (unpaired) electrons. The lowest BCUT2D eigenvalue weighted by molar-refractivity contribution is 0.0733. The van der Waals surface area contributed by atoms with Gasteiger partial charge in [-0.15, -0.1) is 0 Å². The molecule has 0 saturated heterocycles. The van der Waals surface area contributed by atoms with E-state index in [0.717, 1.165) is 17.8 Å². The van der Waals surface area contributed by atoms with E-state index in [4.69, 9.17) is 0 Å². The van der Waals surface area contributed by atoms with Crippen molar-refractivity contribution in [1.29, 1.82) is 0 Å². The lowest BCUT2D eigenvalue weighted by Crippen LogP contribution is -2.36. The molecule has 0 fully saturated rings. The molecule has 1 aliphatic heterocycles. The van der Waals surface area contributed by atoms with Crippen molar-refractivity contribution in [3.8, 4) is 0 Å². The molecule has 3 aromatic rings. The van der Waals surface area contributed by atoms with E-state index in [9.17, 15) is 9.18 Å². The Morgan fingerprint density at radius 2 is 2.22 bits per heavy atom. The molecule has 0 atom stereocenters. The number of nitrogens with zero attached hydrogens (tertiary/aromatic N) is 3. The third kappa shape index (κ3) is 2.36. The first-order chi connectivity index (χ1) is 11.1. The highest BCUT2D eigenvalue weighted by atomic mass is 19.1. The maximum absolute atomic E-state index is 13.4. The molecule has 0 spiro atoms. The number of amides is 1. The standard InChI is InChI=1S/C17H15FN4O/c1-10-6-13(12-3-2-11(18)7-15(12)21-10)17(23)22-5-4-14-16(8-22)20-9-19-14/h2-3,6-7,9H,4-5,8H2,1H3,(H,19,20). The number of carbonyl (C=O) groups excluding carboxylic acids is 1. The van der Waals surface area contributed by atoms with Crippen molar-refractivity contribution in [3.63, 3.8) is 0 Å². The maximum atomic E-state index is 13.4. The van der Waals surface area contributed by atoms with Crippen molar-refractivity contribution in [2.24, 2.45) is 0 Å². The van der Waals surface area contributed by atoms with Gasteiger partial charge in [-0.1, -0.05) is 0 Å². The van der Waals surface area contributed by atoms with Gasteiger partial charge in [0.15, 0.2) is 0 Å². The van der Waals surface area contributed by atoms with Crippen LogP contribution in [0.5, 0.6) is 0 Å². The van der Waals surface area contributed by atoms with Gasteiger partial charge in [-0.3, -0.25) is 9.78 Å². The SMILES string of the molecule is Cc1cc(C(=O)N2CCc3nc[nH]c3C2)c2ccc(F)cc2n1. The van der Waals surface area contributed by atoms with E-state index in [1.165, 1.54) is 12.1 Å². The molecule has 3 heterocycles. The second-order valence-corrected chi connectivity index (χ2v) is 5.78. The molecule has 0 unspecified atom stereocenters. The number of aryl methyl sites for hydroxylation is 1. The minimum atomic E-state index is -0.353. The number of aromatic nitrogens is 3. The van der Waals surface area contributed by atoms with Crippen molar-refractivity contribution >= 4 is 16.8 Å². The summed E-state index contributed by atoms with van der Waals surface area (Å²) in [7, 11) is 0. The van der Waals surface area contributed by atoms with Crippen molar-refractivity contribution in [2.75, 3.05) is 6.54 Å². The van der Waals surface area contributed by atoms with Crippen LogP contribution in [0.15, 0.2) is 30.6 Å². The predicted octanol–water partition coefficient (Wildman–Crippen LogP) is 2.60. The zero-order valence-electron chi connectivity index (χ0n) is 12.6. The Balaban J connectivity index is 1.76. The number of hydrogen-bond acceptors (Lipinski definition) is 3. The van der Waals surface area contributed by atoms with Gasteiger partial charge in [-0.2, -0.15) is 0 Å². The number of hydrogen-bond donors (Lipinski definition) is 1. The van der Waals surface area contributed by atoms with Crippen LogP contribution in [0.4, 0.5) is 4.39 Å². The summed E-state index contributed by atoms with van der Waals surface area (Å²) in [6, 6.07) is 6.11. The van der Waals surface area contributed by atoms with Gasteiger partial charge in [0.05, 0.1) is 35.3 Å². The van der Waals surface area contributed by atoms with Gasteiger partial charge in [0.1, 0.15) is 5.82 Å². The van der Waals surface area contributed by atoms with Gasteiger partial charge in [0, 0.05) is 30.1 Å². The number of H-pyrrole nitrogens is 1. The molecular weight excluding hydrogens is 295 g/mol. The third-order valence-electron chi connectivity index (χ3n) is 4.19. The van der Waals surface area contributed by atoms with Crippen LogP contribution in [0.3, 0.4) is 0 Å². The summed E-state index contributed by atoms with van der Waals surface area (Å²) in [5, 5.41) is 0.678. The monoisotopic (exact) mass is 310 g/mol. The quantitative estimate of drug-likeness (QED) is 0.751. The van der Waals surface area contributed by atoms with Crippen LogP contribution in [-0.2, 0) is 13.0 Å². The average molecular weight is 310 g/mol. The first kappa shape index (κ1) is 13.9. The topological polar surface area (TPSA) is 61.9 Å². The summed E-state index contributed by atoms with van der Waals surface area (Å²) in [6.45, 7) is 2.95. The number of nitrogens with one attached hydrogen (secondary N) is 1. The molecule has 0 bridgehead atoms. The van der Waals surface area contributed by atoms with E-state index < -0.39 is 0 Å². The van der Waals surface area contributed by atoms with Gasteiger partial charge in [-0.25, -0.2) is 9.37 Å². The zero-order chi connectivity index (χ0) is 16.0. The lowest BCUT2D eigenvalue weighted by Gasteiger charge is -2.26. The van der Waals surface area contributed by atoms with Crippen LogP contribution >= 0.6 is 0 Å². The Morgan fingerprint density at radius 1 is 1.35 bits per heavy atom. The number of imidazole rings is 1. The molecule has 4 rings (SSSR count).